The molecule has 0 bridgehead atoms. The van der Waals surface area contributed by atoms with Crippen LogP contribution in [0.3, 0.4) is 0 Å². The van der Waals surface area contributed by atoms with Gasteiger partial charge in [-0.25, -0.2) is 0 Å². The fourth-order valence-corrected chi connectivity index (χ4v) is 3.44. The number of nitrogens with one attached hydrogen (secondary N) is 2. The molecule has 1 unspecified atom stereocenters. The van der Waals surface area contributed by atoms with Gasteiger partial charge in [-0.15, -0.1) is 0 Å². The Kier molecular flexibility index (Phi) is 6.01. The molecule has 32 heavy (non-hydrogen) atoms. The standard InChI is InChI=1S/C24H17ClF3N3O/c25-18-8-10-19(11-9-18)30-22(15-4-6-17(7-5-15)24(26,27)28)23(32)31-21-3-1-2-16-14-29-13-12-20(16)21/h1-14,22,30H,(H,31,32). The van der Waals surface area contributed by atoms with Gasteiger partial charge in [-0.1, -0.05) is 35.9 Å². The van der Waals surface area contributed by atoms with Crippen LogP contribution >= 0.6 is 11.6 Å². The molecule has 4 aromatic rings. The lowest BCUT2D eigenvalue weighted by molar-refractivity contribution is -0.137. The van der Waals surface area contributed by atoms with E-state index in [1.807, 2.05) is 6.07 Å². The van der Waals surface area contributed by atoms with Gasteiger partial charge in [-0.05, 0) is 54.1 Å². The van der Waals surface area contributed by atoms with Crippen LogP contribution in [0.5, 0.6) is 0 Å². The van der Waals surface area contributed by atoms with E-state index in [0.717, 1.165) is 22.9 Å². The number of nitrogens with zero attached hydrogens (tertiary/aromatic N) is 1. The van der Waals surface area contributed by atoms with Gasteiger partial charge in [0, 0.05) is 39.6 Å². The maximum Gasteiger partial charge on any atom is 0.416 e. The van der Waals surface area contributed by atoms with E-state index >= 15 is 0 Å². The van der Waals surface area contributed by atoms with Crippen molar-refractivity contribution in [1.29, 1.82) is 0 Å². The SMILES string of the molecule is O=C(Nc1cccc2cnccc12)C(Nc1ccc(Cl)cc1)c1ccc(C(F)(F)F)cc1. The summed E-state index contributed by atoms with van der Waals surface area (Å²) >= 11 is 5.93. The first kappa shape index (κ1) is 21.6. The Morgan fingerprint density at radius 2 is 1.66 bits per heavy atom. The lowest BCUT2D eigenvalue weighted by Gasteiger charge is -2.21. The van der Waals surface area contributed by atoms with Crippen LogP contribution in [0, 0.1) is 0 Å². The Labute approximate surface area is 187 Å². The maximum atomic E-state index is 13.3. The molecule has 1 amide bonds. The number of anilines is 2. The van der Waals surface area contributed by atoms with Crippen molar-refractivity contribution in [3.63, 3.8) is 0 Å². The molecule has 0 spiro atoms. The van der Waals surface area contributed by atoms with E-state index in [0.29, 0.717) is 22.0 Å². The number of amides is 1. The molecule has 4 rings (SSSR count). The lowest BCUT2D eigenvalue weighted by atomic mass is 10.0. The Morgan fingerprint density at radius 3 is 2.34 bits per heavy atom. The largest absolute Gasteiger partial charge is 0.416 e. The highest BCUT2D eigenvalue weighted by Gasteiger charge is 2.31. The number of carbonyl (C=O) groups is 1. The van der Waals surface area contributed by atoms with E-state index in [2.05, 4.69) is 15.6 Å². The maximum absolute atomic E-state index is 13.3. The third kappa shape index (κ3) is 4.84. The van der Waals surface area contributed by atoms with Crippen LogP contribution in [-0.4, -0.2) is 10.9 Å². The average molecular weight is 456 g/mol. The van der Waals surface area contributed by atoms with E-state index in [-0.39, 0.29) is 0 Å². The topological polar surface area (TPSA) is 54.0 Å². The fraction of sp³-hybridized carbons (Fsp3) is 0.0833. The number of aromatic nitrogens is 1. The normalized spacial score (nSPS) is 12.4. The summed E-state index contributed by atoms with van der Waals surface area (Å²) in [6, 6.07) is 17.5. The van der Waals surface area contributed by atoms with Crippen molar-refractivity contribution in [3.8, 4) is 0 Å². The van der Waals surface area contributed by atoms with E-state index in [1.165, 1.54) is 12.1 Å². The second-order valence-corrected chi connectivity index (χ2v) is 7.53. The molecule has 0 aliphatic carbocycles. The van der Waals surface area contributed by atoms with Crippen molar-refractivity contribution in [2.75, 3.05) is 10.6 Å². The van der Waals surface area contributed by atoms with Crippen molar-refractivity contribution in [1.82, 2.24) is 4.98 Å². The molecule has 162 valence electrons. The summed E-state index contributed by atoms with van der Waals surface area (Å²) in [7, 11) is 0. The molecule has 4 nitrogen and oxygen atoms in total. The number of rotatable bonds is 5. The third-order valence-electron chi connectivity index (χ3n) is 4.93. The van der Waals surface area contributed by atoms with Gasteiger partial charge in [0.2, 0.25) is 0 Å². The number of benzene rings is 3. The van der Waals surface area contributed by atoms with Crippen LogP contribution in [-0.2, 0) is 11.0 Å². The Morgan fingerprint density at radius 1 is 0.938 bits per heavy atom. The summed E-state index contributed by atoms with van der Waals surface area (Å²) < 4.78 is 39.0. The molecule has 0 saturated heterocycles. The van der Waals surface area contributed by atoms with Gasteiger partial charge in [0.05, 0.1) is 5.56 Å². The minimum absolute atomic E-state index is 0.382. The third-order valence-corrected chi connectivity index (χ3v) is 5.18. The summed E-state index contributed by atoms with van der Waals surface area (Å²) in [5.41, 5.74) is 0.766. The van der Waals surface area contributed by atoms with Gasteiger partial charge in [-0.3, -0.25) is 9.78 Å². The van der Waals surface area contributed by atoms with Crippen molar-refractivity contribution in [2.24, 2.45) is 0 Å². The number of pyridine rings is 1. The van der Waals surface area contributed by atoms with Crippen LogP contribution < -0.4 is 10.6 Å². The second kappa shape index (κ2) is 8.88. The van der Waals surface area contributed by atoms with Gasteiger partial charge in [0.1, 0.15) is 6.04 Å². The smallest absolute Gasteiger partial charge is 0.370 e. The monoisotopic (exact) mass is 455 g/mol. The van der Waals surface area contributed by atoms with Gasteiger partial charge >= 0.3 is 6.18 Å². The minimum Gasteiger partial charge on any atom is -0.370 e. The molecule has 0 fully saturated rings. The quantitative estimate of drug-likeness (QED) is 0.352. The van der Waals surface area contributed by atoms with E-state index in [1.54, 1.807) is 54.9 Å². The van der Waals surface area contributed by atoms with Crippen LogP contribution in [0.15, 0.2) is 85.2 Å². The zero-order valence-electron chi connectivity index (χ0n) is 16.5. The lowest BCUT2D eigenvalue weighted by Crippen LogP contribution is -2.27. The first-order valence-corrected chi connectivity index (χ1v) is 10.0. The summed E-state index contributed by atoms with van der Waals surface area (Å²) in [5.74, 6) is -0.427. The van der Waals surface area contributed by atoms with Crippen molar-refractivity contribution in [2.45, 2.75) is 12.2 Å². The van der Waals surface area contributed by atoms with Crippen LogP contribution in [0.2, 0.25) is 5.02 Å². The molecule has 2 N–H and O–H groups in total. The number of fused-ring (bicyclic) bond motifs is 1. The predicted octanol–water partition coefficient (Wildman–Crippen LogP) is 6.70. The number of carbonyl (C=O) groups excluding carboxylic acids is 1. The molecular formula is C24H17ClF3N3O. The summed E-state index contributed by atoms with van der Waals surface area (Å²) in [4.78, 5) is 17.4. The molecule has 1 heterocycles. The second-order valence-electron chi connectivity index (χ2n) is 7.10. The first-order chi connectivity index (χ1) is 15.3. The molecule has 0 aliphatic rings. The minimum atomic E-state index is -4.46. The molecule has 0 saturated carbocycles. The van der Waals surface area contributed by atoms with Gasteiger partial charge < -0.3 is 10.6 Å². The van der Waals surface area contributed by atoms with E-state index in [4.69, 9.17) is 11.6 Å². The predicted molar refractivity (Wildman–Crippen MR) is 120 cm³/mol. The number of hydrogen-bond acceptors (Lipinski definition) is 3. The van der Waals surface area contributed by atoms with Crippen molar-refractivity contribution < 1.29 is 18.0 Å². The van der Waals surface area contributed by atoms with E-state index < -0.39 is 23.7 Å². The molecule has 0 aliphatic heterocycles. The average Bonchev–Trinajstić information content (AvgIpc) is 2.78. The van der Waals surface area contributed by atoms with Gasteiger partial charge in [-0.2, -0.15) is 13.2 Å². The number of halogens is 4. The highest BCUT2D eigenvalue weighted by atomic mass is 35.5. The Hall–Kier alpha value is -3.58. The van der Waals surface area contributed by atoms with Gasteiger partial charge in [0.25, 0.3) is 5.91 Å². The van der Waals surface area contributed by atoms with Crippen molar-refractivity contribution >= 4 is 39.7 Å². The molecule has 8 heteroatoms. The summed E-state index contributed by atoms with van der Waals surface area (Å²) in [6.45, 7) is 0. The first-order valence-electron chi connectivity index (χ1n) is 9.64. The Bertz CT molecular complexity index is 1240. The molecule has 0 radical (unpaired) electrons. The zero-order chi connectivity index (χ0) is 22.7. The number of alkyl halides is 3. The summed E-state index contributed by atoms with van der Waals surface area (Å²) in [6.07, 6.45) is -1.15. The summed E-state index contributed by atoms with van der Waals surface area (Å²) in [5, 5.41) is 8.14. The molecular weight excluding hydrogens is 439 g/mol. The molecule has 3 aromatic carbocycles. The fourth-order valence-electron chi connectivity index (χ4n) is 3.31. The molecule has 1 atom stereocenters. The van der Waals surface area contributed by atoms with Gasteiger partial charge in [0.15, 0.2) is 0 Å². The highest BCUT2D eigenvalue weighted by Crippen LogP contribution is 2.31. The number of hydrogen-bond donors (Lipinski definition) is 2. The van der Waals surface area contributed by atoms with Crippen molar-refractivity contribution in [3.05, 3.63) is 101 Å². The van der Waals surface area contributed by atoms with Crippen LogP contribution in [0.25, 0.3) is 10.8 Å². The highest BCUT2D eigenvalue weighted by molar-refractivity contribution is 6.30. The zero-order valence-corrected chi connectivity index (χ0v) is 17.3. The Balaban J connectivity index is 1.67. The van der Waals surface area contributed by atoms with E-state index in [9.17, 15) is 18.0 Å². The molecule has 1 aromatic heterocycles. The van der Waals surface area contributed by atoms with Crippen LogP contribution in [0.4, 0.5) is 24.5 Å². The van der Waals surface area contributed by atoms with Crippen LogP contribution in [0.1, 0.15) is 17.2 Å².